The maximum Gasteiger partial charge on any atom is 0.266 e. The van der Waals surface area contributed by atoms with Crippen molar-refractivity contribution in [3.63, 3.8) is 0 Å². The standard InChI is InChI=1S/C17H16F3N3O/c1-2-12(24)9-23-16-6-11(7-21-15(16)8-22-23)10-3-4-14(18)13(5-10)17(19)20/h3-8,12,17,24H,2,9H2,1H3. The molecule has 0 aliphatic heterocycles. The molecule has 0 fully saturated rings. The van der Waals surface area contributed by atoms with Gasteiger partial charge < -0.3 is 5.11 Å². The van der Waals surface area contributed by atoms with Gasteiger partial charge in [0.2, 0.25) is 0 Å². The third kappa shape index (κ3) is 3.12. The number of aliphatic hydroxyl groups is 1. The Morgan fingerprint density at radius 1 is 1.17 bits per heavy atom. The number of aromatic nitrogens is 3. The van der Waals surface area contributed by atoms with Gasteiger partial charge in [-0.15, -0.1) is 0 Å². The minimum absolute atomic E-state index is 0.316. The molecule has 3 rings (SSSR count). The van der Waals surface area contributed by atoms with E-state index in [0.717, 1.165) is 12.1 Å². The van der Waals surface area contributed by atoms with Crippen LogP contribution in [-0.2, 0) is 6.54 Å². The first-order valence-electron chi connectivity index (χ1n) is 7.57. The summed E-state index contributed by atoms with van der Waals surface area (Å²) < 4.78 is 40.8. The molecule has 1 atom stereocenters. The number of hydrogen-bond donors (Lipinski definition) is 1. The summed E-state index contributed by atoms with van der Waals surface area (Å²) in [7, 11) is 0. The topological polar surface area (TPSA) is 50.9 Å². The molecular formula is C17H16F3N3O. The summed E-state index contributed by atoms with van der Waals surface area (Å²) in [5, 5.41) is 14.0. The quantitative estimate of drug-likeness (QED) is 0.768. The Labute approximate surface area is 136 Å². The summed E-state index contributed by atoms with van der Waals surface area (Å²) in [6, 6.07) is 5.34. The predicted molar refractivity (Wildman–Crippen MR) is 84.2 cm³/mol. The Balaban J connectivity index is 2.04. The average molecular weight is 335 g/mol. The van der Waals surface area contributed by atoms with Crippen LogP contribution >= 0.6 is 0 Å². The van der Waals surface area contributed by atoms with Crippen molar-refractivity contribution < 1.29 is 18.3 Å². The van der Waals surface area contributed by atoms with E-state index in [1.54, 1.807) is 16.9 Å². The second-order valence-corrected chi connectivity index (χ2v) is 5.55. The smallest absolute Gasteiger partial charge is 0.266 e. The Morgan fingerprint density at radius 3 is 2.67 bits per heavy atom. The van der Waals surface area contributed by atoms with Crippen molar-refractivity contribution in [2.75, 3.05) is 0 Å². The van der Waals surface area contributed by atoms with Gasteiger partial charge in [-0.1, -0.05) is 13.0 Å². The highest BCUT2D eigenvalue weighted by molar-refractivity contribution is 5.80. The van der Waals surface area contributed by atoms with Crippen LogP contribution in [0.25, 0.3) is 22.2 Å². The fourth-order valence-electron chi connectivity index (χ4n) is 2.48. The molecule has 24 heavy (non-hydrogen) atoms. The van der Waals surface area contributed by atoms with Crippen molar-refractivity contribution in [1.82, 2.24) is 14.8 Å². The van der Waals surface area contributed by atoms with Crippen LogP contribution in [0.3, 0.4) is 0 Å². The van der Waals surface area contributed by atoms with Gasteiger partial charge >= 0.3 is 0 Å². The SMILES string of the molecule is CCC(O)Cn1ncc2ncc(-c3ccc(F)c(C(F)F)c3)cc21. The molecule has 4 nitrogen and oxygen atoms in total. The lowest BCUT2D eigenvalue weighted by Crippen LogP contribution is -2.15. The van der Waals surface area contributed by atoms with E-state index in [1.807, 2.05) is 6.92 Å². The van der Waals surface area contributed by atoms with Crippen molar-refractivity contribution >= 4 is 11.0 Å². The summed E-state index contributed by atoms with van der Waals surface area (Å²) in [4.78, 5) is 4.26. The fourth-order valence-corrected chi connectivity index (χ4v) is 2.48. The molecule has 0 radical (unpaired) electrons. The number of fused-ring (bicyclic) bond motifs is 1. The molecule has 2 heterocycles. The van der Waals surface area contributed by atoms with Crippen LogP contribution < -0.4 is 0 Å². The molecule has 0 bridgehead atoms. The molecule has 0 aliphatic rings. The van der Waals surface area contributed by atoms with Gasteiger partial charge in [-0.25, -0.2) is 13.2 Å². The molecule has 1 N–H and O–H groups in total. The number of pyridine rings is 1. The van der Waals surface area contributed by atoms with Gasteiger partial charge in [0.25, 0.3) is 6.43 Å². The number of halogens is 3. The lowest BCUT2D eigenvalue weighted by Gasteiger charge is -2.10. The molecule has 0 saturated carbocycles. The van der Waals surface area contributed by atoms with Gasteiger partial charge in [-0.2, -0.15) is 5.10 Å². The Hall–Kier alpha value is -2.41. The molecule has 7 heteroatoms. The van der Waals surface area contributed by atoms with E-state index in [4.69, 9.17) is 0 Å². The van der Waals surface area contributed by atoms with E-state index in [2.05, 4.69) is 10.1 Å². The van der Waals surface area contributed by atoms with Crippen molar-refractivity contribution in [2.24, 2.45) is 0 Å². The van der Waals surface area contributed by atoms with Gasteiger partial charge in [0.1, 0.15) is 11.3 Å². The second kappa shape index (κ2) is 6.60. The van der Waals surface area contributed by atoms with Gasteiger partial charge in [-0.05, 0) is 30.2 Å². The van der Waals surface area contributed by atoms with E-state index in [1.165, 1.54) is 12.3 Å². The maximum absolute atomic E-state index is 13.4. The number of aliphatic hydroxyl groups excluding tert-OH is 1. The summed E-state index contributed by atoms with van der Waals surface area (Å²) in [6.07, 6.45) is 0.286. The maximum atomic E-state index is 13.4. The molecule has 0 amide bonds. The van der Waals surface area contributed by atoms with Crippen molar-refractivity contribution in [2.45, 2.75) is 32.4 Å². The molecule has 1 aromatic carbocycles. The monoisotopic (exact) mass is 335 g/mol. The van der Waals surface area contributed by atoms with E-state index in [9.17, 15) is 18.3 Å². The number of nitrogens with zero attached hydrogens (tertiary/aromatic N) is 3. The summed E-state index contributed by atoms with van der Waals surface area (Å²) in [5.41, 5.74) is 1.71. The lowest BCUT2D eigenvalue weighted by molar-refractivity contribution is 0.146. The summed E-state index contributed by atoms with van der Waals surface area (Å²) >= 11 is 0. The molecule has 1 unspecified atom stereocenters. The van der Waals surface area contributed by atoms with E-state index in [0.29, 0.717) is 35.1 Å². The van der Waals surface area contributed by atoms with Gasteiger partial charge in [0, 0.05) is 11.8 Å². The zero-order valence-corrected chi connectivity index (χ0v) is 13.0. The largest absolute Gasteiger partial charge is 0.391 e. The third-order valence-electron chi connectivity index (χ3n) is 3.91. The molecule has 0 saturated heterocycles. The number of alkyl halides is 2. The highest BCUT2D eigenvalue weighted by Gasteiger charge is 2.15. The van der Waals surface area contributed by atoms with Crippen LogP contribution in [-0.4, -0.2) is 26.0 Å². The average Bonchev–Trinajstić information content (AvgIpc) is 2.97. The molecule has 0 spiro atoms. The Bertz CT molecular complexity index is 863. The molecule has 126 valence electrons. The molecular weight excluding hydrogens is 319 g/mol. The Kier molecular flexibility index (Phi) is 4.53. The van der Waals surface area contributed by atoms with Gasteiger partial charge in [-0.3, -0.25) is 9.67 Å². The van der Waals surface area contributed by atoms with Gasteiger partial charge in [0.15, 0.2) is 0 Å². The van der Waals surface area contributed by atoms with Crippen molar-refractivity contribution in [3.8, 4) is 11.1 Å². The van der Waals surface area contributed by atoms with Gasteiger partial charge in [0.05, 0.1) is 29.9 Å². The number of benzene rings is 1. The van der Waals surface area contributed by atoms with Crippen molar-refractivity contribution in [1.29, 1.82) is 0 Å². The first-order valence-corrected chi connectivity index (χ1v) is 7.57. The van der Waals surface area contributed by atoms with Crippen LogP contribution in [0.15, 0.2) is 36.7 Å². The number of rotatable bonds is 5. The highest BCUT2D eigenvalue weighted by Crippen LogP contribution is 2.29. The first-order chi connectivity index (χ1) is 11.5. The summed E-state index contributed by atoms with van der Waals surface area (Å²) in [6.45, 7) is 2.18. The minimum atomic E-state index is -2.88. The normalized spacial score (nSPS) is 12.9. The van der Waals surface area contributed by atoms with Crippen LogP contribution in [0.4, 0.5) is 13.2 Å². The second-order valence-electron chi connectivity index (χ2n) is 5.55. The molecule has 3 aromatic rings. The van der Waals surface area contributed by atoms with Crippen molar-refractivity contribution in [3.05, 3.63) is 48.0 Å². The molecule has 0 aliphatic carbocycles. The zero-order valence-electron chi connectivity index (χ0n) is 13.0. The lowest BCUT2D eigenvalue weighted by atomic mass is 10.0. The van der Waals surface area contributed by atoms with Crippen LogP contribution in [0.1, 0.15) is 25.3 Å². The predicted octanol–water partition coefficient (Wildman–Crippen LogP) is 3.95. The first kappa shape index (κ1) is 16.4. The summed E-state index contributed by atoms with van der Waals surface area (Å²) in [5.74, 6) is -0.932. The zero-order chi connectivity index (χ0) is 17.3. The third-order valence-corrected chi connectivity index (χ3v) is 3.91. The van der Waals surface area contributed by atoms with E-state index >= 15 is 0 Å². The highest BCUT2D eigenvalue weighted by atomic mass is 19.3. The van der Waals surface area contributed by atoms with E-state index < -0.39 is 23.9 Å². The Morgan fingerprint density at radius 2 is 1.96 bits per heavy atom. The molecule has 2 aromatic heterocycles. The van der Waals surface area contributed by atoms with Crippen LogP contribution in [0, 0.1) is 5.82 Å². The van der Waals surface area contributed by atoms with E-state index in [-0.39, 0.29) is 0 Å². The number of hydrogen-bond acceptors (Lipinski definition) is 3. The fraction of sp³-hybridized carbons (Fsp3) is 0.294. The van der Waals surface area contributed by atoms with Crippen LogP contribution in [0.5, 0.6) is 0 Å². The van der Waals surface area contributed by atoms with Crippen LogP contribution in [0.2, 0.25) is 0 Å². The minimum Gasteiger partial charge on any atom is -0.391 e.